The third-order valence-electron chi connectivity index (χ3n) is 7.01. The van der Waals surface area contributed by atoms with E-state index in [2.05, 4.69) is 12.2 Å². The van der Waals surface area contributed by atoms with Gasteiger partial charge in [-0.2, -0.15) is 0 Å². The van der Waals surface area contributed by atoms with Crippen molar-refractivity contribution >= 4 is 17.8 Å². The Morgan fingerprint density at radius 1 is 0.857 bits per heavy atom. The molecule has 4 atom stereocenters. The van der Waals surface area contributed by atoms with E-state index >= 15 is 0 Å². The fourth-order valence-electron chi connectivity index (χ4n) is 5.32. The van der Waals surface area contributed by atoms with Crippen LogP contribution >= 0.6 is 0 Å². The lowest BCUT2D eigenvalue weighted by Crippen LogP contribution is -2.50. The second-order valence-corrected chi connectivity index (χ2v) is 10.5. The van der Waals surface area contributed by atoms with E-state index in [1.165, 1.54) is 4.90 Å². The second-order valence-electron chi connectivity index (χ2n) is 10.5. The number of esters is 1. The van der Waals surface area contributed by atoms with Gasteiger partial charge in [0.05, 0.1) is 45.1 Å². The molecule has 2 amide bonds. The van der Waals surface area contributed by atoms with Crippen LogP contribution in [0.4, 0.5) is 0 Å². The molecule has 4 rings (SSSR count). The Hall–Kier alpha value is -3.25. The molecule has 2 aliphatic rings. The first-order valence-electron chi connectivity index (χ1n) is 12.3. The van der Waals surface area contributed by atoms with E-state index in [1.54, 1.807) is 0 Å². The molecule has 0 bridgehead atoms. The van der Waals surface area contributed by atoms with Crippen molar-refractivity contribution in [1.82, 2.24) is 4.90 Å². The number of quaternary nitrogens is 1. The molecule has 0 radical (unpaired) electrons. The van der Waals surface area contributed by atoms with Crippen molar-refractivity contribution in [1.29, 1.82) is 0 Å². The Balaban J connectivity index is 1.59. The number of nitrogens with zero attached hydrogens (tertiary/aromatic N) is 2. The number of imide groups is 1. The van der Waals surface area contributed by atoms with E-state index in [1.807, 2.05) is 88.6 Å². The van der Waals surface area contributed by atoms with Crippen LogP contribution < -0.4 is 0 Å². The summed E-state index contributed by atoms with van der Waals surface area (Å²) in [6.07, 6.45) is 4.03. The Morgan fingerprint density at radius 3 is 1.74 bits per heavy atom. The lowest BCUT2D eigenvalue weighted by molar-refractivity contribution is -0.882. The molecule has 184 valence electrons. The maximum Gasteiger partial charge on any atom is 0.362 e. The molecule has 0 unspecified atom stereocenters. The minimum Gasteiger partial charge on any atom is -0.459 e. The number of amides is 2. The van der Waals surface area contributed by atoms with Gasteiger partial charge in [-0.3, -0.25) is 14.5 Å². The number of fused-ring (bicyclic) bond motifs is 1. The zero-order valence-corrected chi connectivity index (χ0v) is 21.0. The number of rotatable bonds is 8. The lowest BCUT2D eigenvalue weighted by Gasteiger charge is -2.32. The van der Waals surface area contributed by atoms with Crippen LogP contribution in [0.25, 0.3) is 0 Å². The first-order valence-corrected chi connectivity index (χ1v) is 12.3. The number of allylic oxidation sites excluding steroid dienone is 2. The largest absolute Gasteiger partial charge is 0.459 e. The first kappa shape index (κ1) is 24.9. The van der Waals surface area contributed by atoms with Gasteiger partial charge >= 0.3 is 5.97 Å². The molecule has 1 heterocycles. The highest BCUT2D eigenvalue weighted by atomic mass is 16.5. The van der Waals surface area contributed by atoms with Crippen molar-refractivity contribution in [3.05, 3.63) is 83.9 Å². The van der Waals surface area contributed by atoms with Gasteiger partial charge < -0.3 is 9.22 Å². The number of likely N-dealkylation sites (N-methyl/N-ethyl adjacent to an activating group) is 1. The summed E-state index contributed by atoms with van der Waals surface area (Å²) in [7, 11) is 3.83. The van der Waals surface area contributed by atoms with E-state index in [4.69, 9.17) is 4.74 Å². The molecule has 6 nitrogen and oxygen atoms in total. The van der Waals surface area contributed by atoms with Gasteiger partial charge in [-0.25, -0.2) is 4.79 Å². The number of ether oxygens (including phenoxy) is 1. The molecule has 0 N–H and O–H groups in total. The van der Waals surface area contributed by atoms with E-state index in [9.17, 15) is 14.4 Å². The van der Waals surface area contributed by atoms with E-state index < -0.39 is 11.8 Å². The Kier molecular flexibility index (Phi) is 7.22. The monoisotopic (exact) mass is 475 g/mol. The second kappa shape index (κ2) is 10.2. The molecule has 0 spiro atoms. The summed E-state index contributed by atoms with van der Waals surface area (Å²) in [5, 5.41) is 0. The molecule has 6 heteroatoms. The van der Waals surface area contributed by atoms with Crippen molar-refractivity contribution in [2.45, 2.75) is 31.8 Å². The van der Waals surface area contributed by atoms with Crippen molar-refractivity contribution in [3.8, 4) is 0 Å². The number of carbonyl (C=O) groups excluding carboxylic acids is 3. The average Bonchev–Trinajstić information content (AvgIpc) is 3.07. The van der Waals surface area contributed by atoms with Gasteiger partial charge in [-0.05, 0) is 25.0 Å². The van der Waals surface area contributed by atoms with Crippen LogP contribution in [0.5, 0.6) is 0 Å². The molecule has 0 saturated carbocycles. The molecule has 2 aromatic rings. The normalized spacial score (nSPS) is 24.1. The highest BCUT2D eigenvalue weighted by Crippen LogP contribution is 2.49. The maximum atomic E-state index is 13.8. The number of likely N-dealkylation sites (tertiary alicyclic amines) is 1. The quantitative estimate of drug-likeness (QED) is 0.252. The maximum absolute atomic E-state index is 13.8. The predicted molar refractivity (Wildman–Crippen MR) is 134 cm³/mol. The lowest BCUT2D eigenvalue weighted by atomic mass is 9.68. The topological polar surface area (TPSA) is 63.7 Å². The number of hydrogen-bond donors (Lipinski definition) is 0. The predicted octanol–water partition coefficient (Wildman–Crippen LogP) is 3.75. The molecular formula is C29H35N2O4+. The fourth-order valence-corrected chi connectivity index (χ4v) is 5.32. The fraction of sp³-hybridized carbons (Fsp3) is 0.414. The highest BCUT2D eigenvalue weighted by molar-refractivity contribution is 6.06. The van der Waals surface area contributed by atoms with E-state index in [0.717, 1.165) is 11.1 Å². The van der Waals surface area contributed by atoms with Crippen molar-refractivity contribution in [2.24, 2.45) is 11.8 Å². The standard InChI is InChI=1S/C29H35N2O4/c1-20(2)35-25(32)19-31(3,4)18-17-30-28(33)26-23(21-11-7-5-8-12-21)15-16-24(27(26)29(30)34)22-13-9-6-10-14-22/h5-16,20,23-24,26-27H,17-19H2,1-4H3/q+1/t23-,24+,26-,27-/m1/s1. The van der Waals surface area contributed by atoms with Crippen LogP contribution in [0, 0.1) is 11.8 Å². The van der Waals surface area contributed by atoms with Crippen molar-refractivity contribution in [2.75, 3.05) is 33.7 Å². The molecule has 1 saturated heterocycles. The minimum absolute atomic E-state index is 0.121. The van der Waals surface area contributed by atoms with E-state index in [-0.39, 0.29) is 48.8 Å². The summed E-state index contributed by atoms with van der Waals surface area (Å²) < 4.78 is 5.63. The number of benzene rings is 2. The Bertz CT molecular complexity index is 1030. The molecule has 1 fully saturated rings. The molecule has 1 aliphatic heterocycles. The van der Waals surface area contributed by atoms with Gasteiger partial charge in [0.2, 0.25) is 11.8 Å². The van der Waals surface area contributed by atoms with Crippen molar-refractivity contribution in [3.63, 3.8) is 0 Å². The first-order chi connectivity index (χ1) is 16.7. The molecule has 2 aromatic carbocycles. The molecular weight excluding hydrogens is 440 g/mol. The van der Waals surface area contributed by atoms with Crippen molar-refractivity contribution < 1.29 is 23.6 Å². The SMILES string of the molecule is CC(C)OC(=O)C[N+](C)(C)CCN1C(=O)[C@H]2[C@H](C1=O)[C@H](c1ccccc1)C=C[C@@H]2c1ccccc1. The summed E-state index contributed by atoms with van der Waals surface area (Å²) in [6, 6.07) is 19.9. The van der Waals surface area contributed by atoms with Crippen LogP contribution in [0.2, 0.25) is 0 Å². The van der Waals surface area contributed by atoms with Crippen LogP contribution in [0.15, 0.2) is 72.8 Å². The number of hydrogen-bond acceptors (Lipinski definition) is 4. The molecule has 35 heavy (non-hydrogen) atoms. The zero-order valence-electron chi connectivity index (χ0n) is 21.0. The van der Waals surface area contributed by atoms with Gasteiger partial charge in [0.25, 0.3) is 0 Å². The van der Waals surface area contributed by atoms with Gasteiger partial charge in [0, 0.05) is 11.8 Å². The van der Waals surface area contributed by atoms with Crippen LogP contribution in [-0.2, 0) is 19.1 Å². The van der Waals surface area contributed by atoms with Gasteiger partial charge in [0.1, 0.15) is 0 Å². The van der Waals surface area contributed by atoms with Gasteiger partial charge in [-0.15, -0.1) is 0 Å². The summed E-state index contributed by atoms with van der Waals surface area (Å²) in [4.78, 5) is 41.2. The smallest absolute Gasteiger partial charge is 0.362 e. The van der Waals surface area contributed by atoms with Gasteiger partial charge in [0.15, 0.2) is 6.54 Å². The Labute approximate surface area is 207 Å². The third kappa shape index (κ3) is 5.38. The molecule has 0 aromatic heterocycles. The summed E-state index contributed by atoms with van der Waals surface area (Å²) in [5.41, 5.74) is 2.08. The summed E-state index contributed by atoms with van der Waals surface area (Å²) in [5.74, 6) is -1.71. The summed E-state index contributed by atoms with van der Waals surface area (Å²) in [6.45, 7) is 4.57. The zero-order chi connectivity index (χ0) is 25.2. The number of carbonyl (C=O) groups is 3. The average molecular weight is 476 g/mol. The highest BCUT2D eigenvalue weighted by Gasteiger charge is 2.55. The molecule has 1 aliphatic carbocycles. The Morgan fingerprint density at radius 2 is 1.31 bits per heavy atom. The van der Waals surface area contributed by atoms with Crippen LogP contribution in [-0.4, -0.2) is 67.0 Å². The minimum atomic E-state index is -0.443. The van der Waals surface area contributed by atoms with Crippen LogP contribution in [0.3, 0.4) is 0 Å². The van der Waals surface area contributed by atoms with E-state index in [0.29, 0.717) is 11.0 Å². The third-order valence-corrected chi connectivity index (χ3v) is 7.01. The summed E-state index contributed by atoms with van der Waals surface area (Å²) >= 11 is 0. The van der Waals surface area contributed by atoms with Gasteiger partial charge in [-0.1, -0.05) is 72.8 Å². The van der Waals surface area contributed by atoms with Crippen LogP contribution in [0.1, 0.15) is 36.8 Å².